The lowest BCUT2D eigenvalue weighted by Gasteiger charge is -2.21. The van der Waals surface area contributed by atoms with Crippen molar-refractivity contribution in [2.24, 2.45) is 0 Å². The lowest BCUT2D eigenvalue weighted by atomic mass is 10.2. The first kappa shape index (κ1) is 20.8. The Hall–Kier alpha value is -2.54. The summed E-state index contributed by atoms with van der Waals surface area (Å²) in [6.07, 6.45) is -0.682. The molecule has 1 aromatic carbocycles. The summed E-state index contributed by atoms with van der Waals surface area (Å²) in [5, 5.41) is 7.21. The monoisotopic (exact) mass is 393 g/mol. The number of alkyl carbamates (subject to hydrolysis) is 1. The summed E-state index contributed by atoms with van der Waals surface area (Å²) < 4.78 is 12.0. The highest BCUT2D eigenvalue weighted by Crippen LogP contribution is 2.24. The van der Waals surface area contributed by atoms with Gasteiger partial charge in [0.15, 0.2) is 0 Å². The number of rotatable bonds is 5. The van der Waals surface area contributed by atoms with E-state index >= 15 is 0 Å². The van der Waals surface area contributed by atoms with Crippen molar-refractivity contribution >= 4 is 23.7 Å². The Balaban J connectivity index is 1.99. The number of benzene rings is 1. The molecule has 7 nitrogen and oxygen atoms in total. The van der Waals surface area contributed by atoms with E-state index in [1.807, 2.05) is 30.3 Å². The van der Waals surface area contributed by atoms with Gasteiger partial charge in [-0.1, -0.05) is 29.8 Å². The van der Waals surface area contributed by atoms with Crippen LogP contribution in [0.5, 0.6) is 0 Å². The van der Waals surface area contributed by atoms with E-state index in [0.29, 0.717) is 16.4 Å². The Morgan fingerprint density at radius 3 is 2.48 bits per heavy atom. The van der Waals surface area contributed by atoms with Crippen molar-refractivity contribution < 1.29 is 19.1 Å². The van der Waals surface area contributed by atoms with Crippen LogP contribution in [0.2, 0.25) is 5.15 Å². The first-order valence-electron chi connectivity index (χ1n) is 8.54. The van der Waals surface area contributed by atoms with Crippen molar-refractivity contribution in [3.8, 4) is 5.69 Å². The second kappa shape index (κ2) is 8.43. The van der Waals surface area contributed by atoms with E-state index in [4.69, 9.17) is 21.1 Å². The van der Waals surface area contributed by atoms with Crippen LogP contribution in [0.15, 0.2) is 30.3 Å². The largest absolute Gasteiger partial charge is 0.459 e. The Bertz CT molecular complexity index is 812. The van der Waals surface area contributed by atoms with Crippen LogP contribution in [0.1, 0.15) is 39.0 Å². The van der Waals surface area contributed by atoms with Gasteiger partial charge in [0, 0.05) is 5.56 Å². The highest BCUT2D eigenvalue weighted by molar-refractivity contribution is 6.30. The zero-order valence-electron chi connectivity index (χ0n) is 16.1. The van der Waals surface area contributed by atoms with Gasteiger partial charge in [0.1, 0.15) is 23.4 Å². The molecule has 1 N–H and O–H groups in total. The fraction of sp³-hybridized carbons (Fsp3) is 0.421. The van der Waals surface area contributed by atoms with Gasteiger partial charge in [-0.25, -0.2) is 14.3 Å². The summed E-state index contributed by atoms with van der Waals surface area (Å²) in [6.45, 7) is 8.49. The fourth-order valence-corrected chi connectivity index (χ4v) is 2.57. The van der Waals surface area contributed by atoms with E-state index in [1.54, 1.807) is 32.4 Å². The molecule has 0 bridgehead atoms. The number of hydrogen-bond donors (Lipinski definition) is 1. The van der Waals surface area contributed by atoms with Gasteiger partial charge in [-0.15, -0.1) is 0 Å². The Morgan fingerprint density at radius 1 is 1.26 bits per heavy atom. The number of nitrogens with one attached hydrogen (secondary N) is 1. The van der Waals surface area contributed by atoms with Gasteiger partial charge >= 0.3 is 12.1 Å². The number of nitrogens with zero attached hydrogens (tertiary/aromatic N) is 2. The molecule has 0 radical (unpaired) electrons. The lowest BCUT2D eigenvalue weighted by molar-refractivity contribution is -0.147. The summed E-state index contributed by atoms with van der Waals surface area (Å²) >= 11 is 6.40. The molecular weight excluding hydrogens is 370 g/mol. The van der Waals surface area contributed by atoms with E-state index in [2.05, 4.69) is 10.4 Å². The van der Waals surface area contributed by atoms with Crippen molar-refractivity contribution in [2.75, 3.05) is 0 Å². The molecule has 0 aliphatic rings. The maximum absolute atomic E-state index is 12.2. The number of carbonyl (C=O) groups excluding carboxylic acids is 2. The zero-order valence-corrected chi connectivity index (χ0v) is 16.8. The molecule has 0 spiro atoms. The van der Waals surface area contributed by atoms with Crippen LogP contribution >= 0.6 is 11.6 Å². The van der Waals surface area contributed by atoms with Crippen molar-refractivity contribution in [1.29, 1.82) is 0 Å². The molecule has 2 rings (SSSR count). The third-order valence-corrected chi connectivity index (χ3v) is 3.96. The molecule has 1 amide bonds. The Kier molecular flexibility index (Phi) is 6.49. The van der Waals surface area contributed by atoms with Crippen LogP contribution in [0.3, 0.4) is 0 Å². The third kappa shape index (κ3) is 5.72. The second-order valence-electron chi connectivity index (χ2n) is 7.08. The molecule has 0 saturated heterocycles. The van der Waals surface area contributed by atoms with Gasteiger partial charge in [-0.05, 0) is 46.8 Å². The number of ether oxygens (including phenoxy) is 2. The molecule has 1 aromatic heterocycles. The quantitative estimate of drug-likeness (QED) is 0.781. The smallest absolute Gasteiger partial charge is 0.408 e. The average molecular weight is 394 g/mol. The predicted octanol–water partition coefficient (Wildman–Crippen LogP) is 3.79. The molecule has 1 unspecified atom stereocenters. The number of esters is 1. The summed E-state index contributed by atoms with van der Waals surface area (Å²) in [7, 11) is 0. The molecule has 0 aliphatic heterocycles. The maximum Gasteiger partial charge on any atom is 0.408 e. The number of aryl methyl sites for hydroxylation is 1. The third-order valence-electron chi connectivity index (χ3n) is 3.57. The van der Waals surface area contributed by atoms with Gasteiger partial charge in [-0.3, -0.25) is 0 Å². The zero-order chi connectivity index (χ0) is 20.2. The van der Waals surface area contributed by atoms with Crippen LogP contribution in [-0.2, 0) is 20.9 Å². The number of amides is 1. The van der Waals surface area contributed by atoms with E-state index in [0.717, 1.165) is 5.69 Å². The molecule has 1 heterocycles. The highest BCUT2D eigenvalue weighted by atomic mass is 35.5. The molecule has 1 atom stereocenters. The van der Waals surface area contributed by atoms with E-state index < -0.39 is 23.7 Å². The highest BCUT2D eigenvalue weighted by Gasteiger charge is 2.23. The number of aromatic nitrogens is 2. The Morgan fingerprint density at radius 2 is 1.89 bits per heavy atom. The number of para-hydroxylation sites is 1. The van der Waals surface area contributed by atoms with Crippen LogP contribution in [0, 0.1) is 6.92 Å². The normalized spacial score (nSPS) is 12.4. The van der Waals surface area contributed by atoms with Crippen molar-refractivity contribution in [2.45, 2.75) is 52.9 Å². The summed E-state index contributed by atoms with van der Waals surface area (Å²) in [6, 6.07) is 8.55. The van der Waals surface area contributed by atoms with Crippen LogP contribution in [0.25, 0.3) is 5.69 Å². The van der Waals surface area contributed by atoms with Crippen molar-refractivity contribution in [1.82, 2.24) is 15.1 Å². The second-order valence-corrected chi connectivity index (χ2v) is 7.44. The molecular formula is C19H24ClN3O4. The molecule has 27 heavy (non-hydrogen) atoms. The minimum atomic E-state index is -0.858. The van der Waals surface area contributed by atoms with Gasteiger partial charge in [0.25, 0.3) is 0 Å². The summed E-state index contributed by atoms with van der Waals surface area (Å²) in [5.74, 6) is -0.594. The number of hydrogen-bond acceptors (Lipinski definition) is 5. The van der Waals surface area contributed by atoms with Crippen LogP contribution < -0.4 is 5.32 Å². The number of halogens is 1. The molecule has 146 valence electrons. The van der Waals surface area contributed by atoms with Gasteiger partial charge in [0.2, 0.25) is 0 Å². The minimum absolute atomic E-state index is 0.0450. The van der Waals surface area contributed by atoms with Crippen molar-refractivity contribution in [3.63, 3.8) is 0 Å². The SMILES string of the molecule is Cc1nn(-c2ccccc2)c(Cl)c1COC(=O)C(C)NC(=O)OC(C)(C)C. The van der Waals surface area contributed by atoms with E-state index in [9.17, 15) is 9.59 Å². The van der Waals surface area contributed by atoms with Crippen LogP contribution in [0.4, 0.5) is 4.79 Å². The molecule has 0 aliphatic carbocycles. The first-order chi connectivity index (χ1) is 12.6. The van der Waals surface area contributed by atoms with Gasteiger partial charge in [0.05, 0.1) is 11.4 Å². The Labute approximate surface area is 163 Å². The number of carbonyl (C=O) groups is 2. The standard InChI is InChI=1S/C19H24ClN3O4/c1-12-15(16(20)23(22-12)14-9-7-6-8-10-14)11-26-17(24)13(2)21-18(25)27-19(3,4)5/h6-10,13H,11H2,1-5H3,(H,21,25). The summed E-state index contributed by atoms with van der Waals surface area (Å²) in [4.78, 5) is 23.9. The predicted molar refractivity (Wildman–Crippen MR) is 102 cm³/mol. The minimum Gasteiger partial charge on any atom is -0.459 e. The maximum atomic E-state index is 12.2. The first-order valence-corrected chi connectivity index (χ1v) is 8.92. The van der Waals surface area contributed by atoms with Gasteiger partial charge < -0.3 is 14.8 Å². The van der Waals surface area contributed by atoms with E-state index in [1.165, 1.54) is 6.92 Å². The molecule has 0 fully saturated rings. The molecule has 0 saturated carbocycles. The van der Waals surface area contributed by atoms with Crippen LogP contribution in [-0.4, -0.2) is 33.5 Å². The van der Waals surface area contributed by atoms with E-state index in [-0.39, 0.29) is 6.61 Å². The average Bonchev–Trinajstić information content (AvgIpc) is 2.86. The topological polar surface area (TPSA) is 82.5 Å². The molecule has 8 heteroatoms. The van der Waals surface area contributed by atoms with Crippen molar-refractivity contribution in [3.05, 3.63) is 46.7 Å². The lowest BCUT2D eigenvalue weighted by Crippen LogP contribution is -2.42. The van der Waals surface area contributed by atoms with Gasteiger partial charge in [-0.2, -0.15) is 5.10 Å². The molecule has 2 aromatic rings. The fourth-order valence-electron chi connectivity index (χ4n) is 2.25. The summed E-state index contributed by atoms with van der Waals surface area (Å²) in [5.41, 5.74) is 1.43.